The van der Waals surface area contributed by atoms with E-state index >= 15 is 0 Å². The third-order valence-electron chi connectivity index (χ3n) is 2.02. The molecule has 2 rings (SSSR count). The second kappa shape index (κ2) is 3.25. The molecular weight excluding hydrogens is 152 g/mol. The van der Waals surface area contributed by atoms with Gasteiger partial charge in [0.05, 0.1) is 6.61 Å². The van der Waals surface area contributed by atoms with Gasteiger partial charge < -0.3 is 9.47 Å². The van der Waals surface area contributed by atoms with E-state index in [1.54, 1.807) is 0 Å². The molecule has 1 atom stereocenters. The lowest BCUT2D eigenvalue weighted by Gasteiger charge is -2.09. The van der Waals surface area contributed by atoms with Crippen molar-refractivity contribution in [2.75, 3.05) is 6.61 Å². The van der Waals surface area contributed by atoms with Crippen molar-refractivity contribution in [2.24, 2.45) is 0 Å². The molecule has 0 saturated carbocycles. The molecule has 0 unspecified atom stereocenters. The van der Waals surface area contributed by atoms with Crippen molar-refractivity contribution < 1.29 is 9.47 Å². The Balaban J connectivity index is 2.24. The van der Waals surface area contributed by atoms with E-state index in [0.29, 0.717) is 13.2 Å². The summed E-state index contributed by atoms with van der Waals surface area (Å²) in [6.45, 7) is 3.35. The lowest BCUT2D eigenvalue weighted by molar-refractivity contribution is -0.134. The highest BCUT2D eigenvalue weighted by atomic mass is 16.7. The Morgan fingerprint density at radius 1 is 1.50 bits per heavy atom. The number of ether oxygens (including phenoxy) is 2. The van der Waals surface area contributed by atoms with E-state index in [1.165, 1.54) is 11.1 Å². The second-order valence-electron chi connectivity index (χ2n) is 2.80. The van der Waals surface area contributed by atoms with Crippen LogP contribution in [0.1, 0.15) is 24.3 Å². The van der Waals surface area contributed by atoms with Crippen LogP contribution in [0, 0.1) is 0 Å². The molecule has 0 aromatic heterocycles. The lowest BCUT2D eigenvalue weighted by atomic mass is 10.1. The highest BCUT2D eigenvalue weighted by Gasteiger charge is 2.22. The molecule has 0 aliphatic carbocycles. The van der Waals surface area contributed by atoms with Gasteiger partial charge in [-0.25, -0.2) is 0 Å². The zero-order valence-corrected chi connectivity index (χ0v) is 7.12. The van der Waals surface area contributed by atoms with Crippen molar-refractivity contribution in [2.45, 2.75) is 19.8 Å². The predicted octanol–water partition coefficient (Wildman–Crippen LogP) is 2.25. The minimum Gasteiger partial charge on any atom is -0.349 e. The van der Waals surface area contributed by atoms with E-state index in [1.807, 2.05) is 19.1 Å². The number of hydrogen-bond acceptors (Lipinski definition) is 2. The van der Waals surface area contributed by atoms with Gasteiger partial charge in [0, 0.05) is 12.2 Å². The van der Waals surface area contributed by atoms with Gasteiger partial charge in [0.15, 0.2) is 6.29 Å². The van der Waals surface area contributed by atoms with Crippen LogP contribution in [0.3, 0.4) is 0 Å². The Bertz CT molecular complexity index is 268. The summed E-state index contributed by atoms with van der Waals surface area (Å²) in [5.41, 5.74) is 2.43. The van der Waals surface area contributed by atoms with Gasteiger partial charge in [-0.3, -0.25) is 0 Å². The van der Waals surface area contributed by atoms with Crippen molar-refractivity contribution in [1.29, 1.82) is 0 Å². The van der Waals surface area contributed by atoms with Crippen LogP contribution in [0.15, 0.2) is 24.3 Å². The molecule has 1 aromatic carbocycles. The summed E-state index contributed by atoms with van der Waals surface area (Å²) in [6, 6.07) is 8.17. The fraction of sp³-hybridized carbons (Fsp3) is 0.400. The quantitative estimate of drug-likeness (QED) is 0.667. The highest BCUT2D eigenvalue weighted by molar-refractivity contribution is 5.29. The third kappa shape index (κ3) is 1.24. The number of rotatable bonds is 2. The summed E-state index contributed by atoms with van der Waals surface area (Å²) in [7, 11) is 0. The highest BCUT2D eigenvalue weighted by Crippen LogP contribution is 2.30. The minimum atomic E-state index is -0.133. The zero-order valence-electron chi connectivity index (χ0n) is 7.12. The molecule has 0 amide bonds. The van der Waals surface area contributed by atoms with Crippen LogP contribution in [-0.2, 0) is 16.1 Å². The molecule has 0 fully saturated rings. The number of hydrogen-bond donors (Lipinski definition) is 0. The SMILES string of the molecule is CCO[C@H]1OCc2ccccc21. The van der Waals surface area contributed by atoms with Crippen molar-refractivity contribution in [3.8, 4) is 0 Å². The number of fused-ring (bicyclic) bond motifs is 1. The van der Waals surface area contributed by atoms with E-state index in [9.17, 15) is 0 Å². The Kier molecular flexibility index (Phi) is 2.11. The third-order valence-corrected chi connectivity index (χ3v) is 2.02. The van der Waals surface area contributed by atoms with Crippen LogP contribution in [0.4, 0.5) is 0 Å². The van der Waals surface area contributed by atoms with Gasteiger partial charge in [-0.15, -0.1) is 0 Å². The molecule has 0 radical (unpaired) electrons. The molecule has 2 nitrogen and oxygen atoms in total. The van der Waals surface area contributed by atoms with E-state index in [4.69, 9.17) is 9.47 Å². The van der Waals surface area contributed by atoms with Crippen molar-refractivity contribution in [3.63, 3.8) is 0 Å². The van der Waals surface area contributed by atoms with Gasteiger partial charge in [-0.1, -0.05) is 24.3 Å². The van der Waals surface area contributed by atoms with Crippen molar-refractivity contribution >= 4 is 0 Å². The average Bonchev–Trinajstić information content (AvgIpc) is 2.50. The molecule has 0 N–H and O–H groups in total. The zero-order chi connectivity index (χ0) is 8.39. The largest absolute Gasteiger partial charge is 0.349 e. The Morgan fingerprint density at radius 2 is 2.33 bits per heavy atom. The van der Waals surface area contributed by atoms with Gasteiger partial charge in [-0.2, -0.15) is 0 Å². The van der Waals surface area contributed by atoms with E-state index < -0.39 is 0 Å². The molecule has 64 valence electrons. The van der Waals surface area contributed by atoms with Gasteiger partial charge in [0.2, 0.25) is 0 Å². The minimum absolute atomic E-state index is 0.133. The Labute approximate surface area is 72.1 Å². The van der Waals surface area contributed by atoms with Crippen LogP contribution < -0.4 is 0 Å². The maximum Gasteiger partial charge on any atom is 0.184 e. The molecule has 1 heterocycles. The fourth-order valence-electron chi connectivity index (χ4n) is 1.44. The maximum atomic E-state index is 5.44. The molecule has 1 aromatic rings. The van der Waals surface area contributed by atoms with Crippen LogP contribution >= 0.6 is 0 Å². The molecule has 0 saturated heterocycles. The molecule has 0 bridgehead atoms. The summed E-state index contributed by atoms with van der Waals surface area (Å²) < 4.78 is 10.8. The Morgan fingerprint density at radius 3 is 3.17 bits per heavy atom. The normalized spacial score (nSPS) is 20.9. The lowest BCUT2D eigenvalue weighted by Crippen LogP contribution is -2.01. The number of benzene rings is 1. The van der Waals surface area contributed by atoms with Gasteiger partial charge in [-0.05, 0) is 12.5 Å². The van der Waals surface area contributed by atoms with E-state index in [2.05, 4.69) is 12.1 Å². The molecule has 1 aliphatic rings. The summed E-state index contributed by atoms with van der Waals surface area (Å²) in [5, 5.41) is 0. The van der Waals surface area contributed by atoms with Crippen molar-refractivity contribution in [3.05, 3.63) is 35.4 Å². The van der Waals surface area contributed by atoms with Crippen LogP contribution in [0.2, 0.25) is 0 Å². The molecule has 1 aliphatic heterocycles. The molecule has 12 heavy (non-hydrogen) atoms. The van der Waals surface area contributed by atoms with Gasteiger partial charge >= 0.3 is 0 Å². The van der Waals surface area contributed by atoms with Gasteiger partial charge in [0.25, 0.3) is 0 Å². The monoisotopic (exact) mass is 164 g/mol. The second-order valence-corrected chi connectivity index (χ2v) is 2.80. The standard InChI is InChI=1S/C10H12O2/c1-2-11-10-9-6-4-3-5-8(9)7-12-10/h3-6,10H,2,7H2,1H3/t10-/m0/s1. The first-order valence-electron chi connectivity index (χ1n) is 4.23. The van der Waals surface area contributed by atoms with Crippen LogP contribution in [0.5, 0.6) is 0 Å². The topological polar surface area (TPSA) is 18.5 Å². The molecular formula is C10H12O2. The van der Waals surface area contributed by atoms with E-state index in [-0.39, 0.29) is 6.29 Å². The van der Waals surface area contributed by atoms with Crippen molar-refractivity contribution in [1.82, 2.24) is 0 Å². The maximum absolute atomic E-state index is 5.44. The van der Waals surface area contributed by atoms with Gasteiger partial charge in [0.1, 0.15) is 0 Å². The molecule has 2 heteroatoms. The first-order chi connectivity index (χ1) is 5.92. The Hall–Kier alpha value is -0.860. The first-order valence-corrected chi connectivity index (χ1v) is 4.23. The summed E-state index contributed by atoms with van der Waals surface area (Å²) >= 11 is 0. The molecule has 0 spiro atoms. The fourth-order valence-corrected chi connectivity index (χ4v) is 1.44. The smallest absolute Gasteiger partial charge is 0.184 e. The summed E-state index contributed by atoms with van der Waals surface area (Å²) in [6.07, 6.45) is -0.133. The summed E-state index contributed by atoms with van der Waals surface area (Å²) in [4.78, 5) is 0. The average molecular weight is 164 g/mol. The first kappa shape index (κ1) is 7.77. The van der Waals surface area contributed by atoms with E-state index in [0.717, 1.165) is 0 Å². The van der Waals surface area contributed by atoms with Crippen LogP contribution in [-0.4, -0.2) is 6.61 Å². The summed E-state index contributed by atoms with van der Waals surface area (Å²) in [5.74, 6) is 0. The van der Waals surface area contributed by atoms with Crippen LogP contribution in [0.25, 0.3) is 0 Å². The predicted molar refractivity (Wildman–Crippen MR) is 45.6 cm³/mol.